The Balaban J connectivity index is 1.52. The predicted octanol–water partition coefficient (Wildman–Crippen LogP) is 3.52. The molecule has 10 heteroatoms. The zero-order valence-electron chi connectivity index (χ0n) is 20.2. The molecule has 3 rings (SSSR count). The number of aromatic nitrogens is 1. The molecule has 1 heterocycles. The number of aliphatic hydroxyl groups is 1. The zero-order valence-corrected chi connectivity index (χ0v) is 21.0. The van der Waals surface area contributed by atoms with Gasteiger partial charge in [0.05, 0.1) is 18.8 Å². The Bertz CT molecular complexity index is 1270. The summed E-state index contributed by atoms with van der Waals surface area (Å²) in [6, 6.07) is 12.4. The average molecular weight is 504 g/mol. The number of carboxylic acid groups (broad SMARTS) is 1. The van der Waals surface area contributed by atoms with Crippen LogP contribution in [0.4, 0.5) is 5.69 Å². The first-order valence-electron chi connectivity index (χ1n) is 11.5. The minimum Gasteiger partial charge on any atom is -0.492 e. The molecule has 190 valence electrons. The predicted molar refractivity (Wildman–Crippen MR) is 137 cm³/mol. The number of sulfonamides is 1. The summed E-state index contributed by atoms with van der Waals surface area (Å²) in [4.78, 5) is 14.6. The van der Waals surface area contributed by atoms with Crippen LogP contribution in [0.1, 0.15) is 48.6 Å². The number of carboxylic acids is 1. The standard InChI is InChI=1S/C25H33N3O6S/c1-4-17(13-24(30)31)25-16(2)21-9-8-20(14-22(21)27-25)34-11-10-26-15-23(29)18-6-5-7-19(12-18)28-35(3,32)33/h5-9,12,14,17,23,26-29H,4,10-11,13,15H2,1-3H3,(H,30,31)/t17-,23?/m1/s1. The Hall–Kier alpha value is -3.08. The highest BCUT2D eigenvalue weighted by Gasteiger charge is 2.19. The Labute approximate surface area is 205 Å². The number of aliphatic carboxylic acids is 1. The molecule has 2 aromatic carbocycles. The van der Waals surface area contributed by atoms with E-state index in [1.807, 2.05) is 32.0 Å². The van der Waals surface area contributed by atoms with Crippen molar-refractivity contribution in [1.29, 1.82) is 0 Å². The van der Waals surface area contributed by atoms with Crippen molar-refractivity contribution in [2.45, 2.75) is 38.7 Å². The Kier molecular flexibility index (Phi) is 8.76. The number of ether oxygens (including phenoxy) is 1. The van der Waals surface area contributed by atoms with Gasteiger partial charge in [-0.2, -0.15) is 0 Å². The number of hydrogen-bond acceptors (Lipinski definition) is 6. The third kappa shape index (κ3) is 7.45. The maximum absolute atomic E-state index is 11.4. The Morgan fingerprint density at radius 2 is 1.97 bits per heavy atom. The molecule has 0 aliphatic carbocycles. The van der Waals surface area contributed by atoms with Crippen molar-refractivity contribution in [3.05, 3.63) is 59.3 Å². The highest BCUT2D eigenvalue weighted by molar-refractivity contribution is 7.92. The molecule has 3 aromatic rings. The van der Waals surface area contributed by atoms with Crippen molar-refractivity contribution in [1.82, 2.24) is 10.3 Å². The van der Waals surface area contributed by atoms with Crippen molar-refractivity contribution >= 4 is 32.6 Å². The lowest BCUT2D eigenvalue weighted by atomic mass is 9.95. The third-order valence-electron chi connectivity index (χ3n) is 5.85. The first kappa shape index (κ1) is 26.5. The molecule has 0 saturated heterocycles. The molecule has 0 amide bonds. The molecule has 5 N–H and O–H groups in total. The van der Waals surface area contributed by atoms with Gasteiger partial charge in [-0.1, -0.05) is 19.1 Å². The first-order chi connectivity index (χ1) is 16.6. The van der Waals surface area contributed by atoms with Gasteiger partial charge in [-0.25, -0.2) is 8.42 Å². The minimum atomic E-state index is -3.39. The number of benzene rings is 2. The molecule has 0 aliphatic rings. The van der Waals surface area contributed by atoms with Gasteiger partial charge in [0.1, 0.15) is 12.4 Å². The van der Waals surface area contributed by atoms with E-state index in [0.29, 0.717) is 30.2 Å². The van der Waals surface area contributed by atoms with Crippen LogP contribution in [0.15, 0.2) is 42.5 Å². The monoisotopic (exact) mass is 503 g/mol. The molecule has 0 radical (unpaired) electrons. The second-order valence-electron chi connectivity index (χ2n) is 8.64. The Morgan fingerprint density at radius 3 is 2.66 bits per heavy atom. The fourth-order valence-electron chi connectivity index (χ4n) is 4.12. The Morgan fingerprint density at radius 1 is 1.20 bits per heavy atom. The van der Waals surface area contributed by atoms with Gasteiger partial charge in [-0.15, -0.1) is 0 Å². The van der Waals surface area contributed by atoms with Gasteiger partial charge < -0.3 is 25.3 Å². The molecular formula is C25H33N3O6S. The summed E-state index contributed by atoms with van der Waals surface area (Å²) in [5, 5.41) is 23.8. The van der Waals surface area contributed by atoms with Gasteiger partial charge in [-0.3, -0.25) is 9.52 Å². The summed E-state index contributed by atoms with van der Waals surface area (Å²) in [6.07, 6.45) is 1.10. The number of H-pyrrole nitrogens is 1. The molecule has 0 aliphatic heterocycles. The minimum absolute atomic E-state index is 0.0669. The quantitative estimate of drug-likeness (QED) is 0.225. The van der Waals surface area contributed by atoms with E-state index < -0.39 is 22.1 Å². The lowest BCUT2D eigenvalue weighted by Gasteiger charge is -2.14. The van der Waals surface area contributed by atoms with Gasteiger partial charge in [0, 0.05) is 47.4 Å². The van der Waals surface area contributed by atoms with E-state index in [9.17, 15) is 23.4 Å². The zero-order chi connectivity index (χ0) is 25.6. The molecule has 1 aromatic heterocycles. The second-order valence-corrected chi connectivity index (χ2v) is 10.4. The van der Waals surface area contributed by atoms with E-state index in [4.69, 9.17) is 4.74 Å². The van der Waals surface area contributed by atoms with E-state index >= 15 is 0 Å². The number of nitrogens with one attached hydrogen (secondary N) is 3. The number of aliphatic hydroxyl groups excluding tert-OH is 1. The number of anilines is 1. The molecule has 35 heavy (non-hydrogen) atoms. The normalized spacial score (nSPS) is 13.5. The smallest absolute Gasteiger partial charge is 0.304 e. The van der Waals surface area contributed by atoms with Crippen LogP contribution in [0.3, 0.4) is 0 Å². The molecular weight excluding hydrogens is 470 g/mol. The van der Waals surface area contributed by atoms with Crippen LogP contribution < -0.4 is 14.8 Å². The maximum atomic E-state index is 11.4. The van der Waals surface area contributed by atoms with E-state index in [0.717, 1.165) is 34.8 Å². The number of fused-ring (bicyclic) bond motifs is 1. The van der Waals surface area contributed by atoms with Crippen molar-refractivity contribution in [2.75, 3.05) is 30.7 Å². The fourth-order valence-corrected chi connectivity index (χ4v) is 4.67. The summed E-state index contributed by atoms with van der Waals surface area (Å²) in [5.74, 6) is -0.184. The number of rotatable bonds is 13. The molecule has 0 bridgehead atoms. The van der Waals surface area contributed by atoms with Crippen LogP contribution in [-0.2, 0) is 14.8 Å². The van der Waals surface area contributed by atoms with Crippen LogP contribution in [0.25, 0.3) is 10.9 Å². The van der Waals surface area contributed by atoms with E-state index in [2.05, 4.69) is 15.0 Å². The average Bonchev–Trinajstić information content (AvgIpc) is 3.11. The number of aromatic amines is 1. The first-order valence-corrected chi connectivity index (χ1v) is 13.4. The fraction of sp³-hybridized carbons (Fsp3) is 0.400. The molecule has 0 fully saturated rings. The number of hydrogen-bond donors (Lipinski definition) is 5. The van der Waals surface area contributed by atoms with E-state index in [-0.39, 0.29) is 18.9 Å². The van der Waals surface area contributed by atoms with Crippen LogP contribution in [0.2, 0.25) is 0 Å². The van der Waals surface area contributed by atoms with Crippen molar-refractivity contribution in [2.24, 2.45) is 0 Å². The number of carbonyl (C=O) groups is 1. The van der Waals surface area contributed by atoms with E-state index in [1.165, 1.54) is 0 Å². The van der Waals surface area contributed by atoms with Crippen LogP contribution in [0, 0.1) is 6.92 Å². The highest BCUT2D eigenvalue weighted by atomic mass is 32.2. The van der Waals surface area contributed by atoms with Crippen molar-refractivity contribution < 1.29 is 28.2 Å². The van der Waals surface area contributed by atoms with Gasteiger partial charge in [0.2, 0.25) is 10.0 Å². The SMILES string of the molecule is CC[C@H](CC(=O)O)c1[nH]c2cc(OCCNCC(O)c3cccc(NS(C)(=O)=O)c3)ccc2c1C. The summed E-state index contributed by atoms with van der Waals surface area (Å²) >= 11 is 0. The molecule has 2 atom stereocenters. The molecule has 9 nitrogen and oxygen atoms in total. The lowest BCUT2D eigenvalue weighted by Crippen LogP contribution is -2.26. The van der Waals surface area contributed by atoms with Gasteiger partial charge in [0.25, 0.3) is 0 Å². The summed E-state index contributed by atoms with van der Waals surface area (Å²) < 4.78 is 31.0. The van der Waals surface area contributed by atoms with Crippen molar-refractivity contribution in [3.8, 4) is 5.75 Å². The van der Waals surface area contributed by atoms with Crippen LogP contribution in [-0.4, -0.2) is 55.5 Å². The molecule has 0 spiro atoms. The largest absolute Gasteiger partial charge is 0.492 e. The van der Waals surface area contributed by atoms with Crippen LogP contribution >= 0.6 is 0 Å². The maximum Gasteiger partial charge on any atom is 0.304 e. The summed E-state index contributed by atoms with van der Waals surface area (Å²) in [6.45, 7) is 5.16. The summed E-state index contributed by atoms with van der Waals surface area (Å²) in [7, 11) is -3.39. The van der Waals surface area contributed by atoms with Gasteiger partial charge in [0.15, 0.2) is 0 Å². The van der Waals surface area contributed by atoms with Gasteiger partial charge in [-0.05, 0) is 48.7 Å². The van der Waals surface area contributed by atoms with E-state index in [1.54, 1.807) is 24.3 Å². The molecule has 1 unspecified atom stereocenters. The third-order valence-corrected chi connectivity index (χ3v) is 6.46. The molecule has 0 saturated carbocycles. The highest BCUT2D eigenvalue weighted by Crippen LogP contribution is 2.32. The van der Waals surface area contributed by atoms with Crippen LogP contribution in [0.5, 0.6) is 5.75 Å². The lowest BCUT2D eigenvalue weighted by molar-refractivity contribution is -0.137. The van der Waals surface area contributed by atoms with Crippen molar-refractivity contribution in [3.63, 3.8) is 0 Å². The second kappa shape index (κ2) is 11.6. The topological polar surface area (TPSA) is 141 Å². The number of aryl methyl sites for hydroxylation is 1. The van der Waals surface area contributed by atoms with Gasteiger partial charge >= 0.3 is 5.97 Å². The summed E-state index contributed by atoms with van der Waals surface area (Å²) in [5.41, 5.74) is 3.92.